The van der Waals surface area contributed by atoms with Gasteiger partial charge in [0.2, 0.25) is 0 Å². The second-order valence-corrected chi connectivity index (χ2v) is 4.50. The first-order valence-electron chi connectivity index (χ1n) is 7.02. The van der Waals surface area contributed by atoms with Gasteiger partial charge >= 0.3 is 0 Å². The predicted molar refractivity (Wildman–Crippen MR) is 92.2 cm³/mol. The molecule has 2 aromatic carbocycles. The summed E-state index contributed by atoms with van der Waals surface area (Å²) < 4.78 is 0. The Kier molecular flexibility index (Phi) is 6.23. The van der Waals surface area contributed by atoms with Gasteiger partial charge in [-0.15, -0.1) is 0 Å². The average molecular weight is 304 g/mol. The minimum absolute atomic E-state index is 0.250. The van der Waals surface area contributed by atoms with Gasteiger partial charge in [0.1, 0.15) is 0 Å². The Labute approximate surface area is 134 Å². The van der Waals surface area contributed by atoms with Crippen molar-refractivity contribution in [2.24, 2.45) is 0 Å². The Morgan fingerprint density at radius 2 is 1.00 bits per heavy atom. The lowest BCUT2D eigenvalue weighted by Crippen LogP contribution is -1.73. The van der Waals surface area contributed by atoms with Crippen molar-refractivity contribution in [3.05, 3.63) is 85.2 Å². The molecule has 0 saturated heterocycles. The number of carbonyl (C=O) groups is 1. The van der Waals surface area contributed by atoms with Crippen LogP contribution in [0.1, 0.15) is 0 Å². The smallest absolute Gasteiger partial charge is 0.290 e. The van der Waals surface area contributed by atoms with Crippen molar-refractivity contribution >= 4 is 28.3 Å². The SMILES string of the molecule is O=CO.c1ccc2ncccc2c1.c1ccc2ncccc2c1. The molecule has 114 valence electrons. The lowest BCUT2D eigenvalue weighted by Gasteiger charge is -1.91. The van der Waals surface area contributed by atoms with Crippen molar-refractivity contribution in [3.8, 4) is 0 Å². The first kappa shape index (κ1) is 16.1. The maximum atomic E-state index is 8.36. The van der Waals surface area contributed by atoms with Gasteiger partial charge in [-0.1, -0.05) is 48.5 Å². The van der Waals surface area contributed by atoms with Crippen LogP contribution >= 0.6 is 0 Å². The molecule has 4 heteroatoms. The normalized spacial score (nSPS) is 9.22. The third kappa shape index (κ3) is 4.89. The van der Waals surface area contributed by atoms with Gasteiger partial charge < -0.3 is 5.11 Å². The quantitative estimate of drug-likeness (QED) is 0.495. The van der Waals surface area contributed by atoms with Gasteiger partial charge in [0.15, 0.2) is 0 Å². The summed E-state index contributed by atoms with van der Waals surface area (Å²) in [6.45, 7) is -0.250. The third-order valence-electron chi connectivity index (χ3n) is 3.02. The highest BCUT2D eigenvalue weighted by molar-refractivity contribution is 5.78. The lowest BCUT2D eigenvalue weighted by molar-refractivity contribution is -0.122. The van der Waals surface area contributed by atoms with Gasteiger partial charge in [0.25, 0.3) is 6.47 Å². The zero-order valence-electron chi connectivity index (χ0n) is 12.4. The molecule has 4 rings (SSSR count). The molecule has 0 spiro atoms. The number of pyridine rings is 2. The van der Waals surface area contributed by atoms with E-state index in [0.29, 0.717) is 0 Å². The fourth-order valence-corrected chi connectivity index (χ4v) is 2.03. The number of hydrogen-bond acceptors (Lipinski definition) is 3. The topological polar surface area (TPSA) is 63.1 Å². The molecule has 0 aliphatic rings. The van der Waals surface area contributed by atoms with E-state index in [1.807, 2.05) is 60.9 Å². The molecule has 23 heavy (non-hydrogen) atoms. The lowest BCUT2D eigenvalue weighted by atomic mass is 10.2. The molecular weight excluding hydrogens is 288 g/mol. The average Bonchev–Trinajstić information content (AvgIpc) is 2.63. The van der Waals surface area contributed by atoms with Crippen LogP contribution in [0.25, 0.3) is 21.8 Å². The highest BCUT2D eigenvalue weighted by Gasteiger charge is 1.87. The number of hydrogen-bond donors (Lipinski definition) is 1. The monoisotopic (exact) mass is 304 g/mol. The van der Waals surface area contributed by atoms with E-state index in [4.69, 9.17) is 9.90 Å². The summed E-state index contributed by atoms with van der Waals surface area (Å²) in [6.07, 6.45) is 3.62. The Morgan fingerprint density at radius 1 is 0.652 bits per heavy atom. The van der Waals surface area contributed by atoms with Crippen LogP contribution in [0.4, 0.5) is 0 Å². The van der Waals surface area contributed by atoms with Gasteiger partial charge in [-0.2, -0.15) is 0 Å². The van der Waals surface area contributed by atoms with Crippen LogP contribution in [0.2, 0.25) is 0 Å². The molecule has 2 aromatic heterocycles. The maximum absolute atomic E-state index is 8.36. The third-order valence-corrected chi connectivity index (χ3v) is 3.02. The Morgan fingerprint density at radius 3 is 1.39 bits per heavy atom. The highest BCUT2D eigenvalue weighted by atomic mass is 16.3. The minimum Gasteiger partial charge on any atom is -0.483 e. The van der Waals surface area contributed by atoms with Crippen LogP contribution in [-0.4, -0.2) is 21.5 Å². The number of fused-ring (bicyclic) bond motifs is 2. The summed E-state index contributed by atoms with van der Waals surface area (Å²) in [6, 6.07) is 24.2. The molecule has 4 nitrogen and oxygen atoms in total. The van der Waals surface area contributed by atoms with E-state index in [1.165, 1.54) is 10.8 Å². The fraction of sp³-hybridized carbons (Fsp3) is 0. The van der Waals surface area contributed by atoms with Crippen LogP contribution in [-0.2, 0) is 4.79 Å². The van der Waals surface area contributed by atoms with Crippen LogP contribution < -0.4 is 0 Å². The Hall–Kier alpha value is -3.27. The van der Waals surface area contributed by atoms with E-state index in [2.05, 4.69) is 34.2 Å². The maximum Gasteiger partial charge on any atom is 0.290 e. The molecule has 0 aliphatic carbocycles. The molecule has 0 bridgehead atoms. The molecule has 0 radical (unpaired) electrons. The minimum atomic E-state index is -0.250. The van der Waals surface area contributed by atoms with Gasteiger partial charge in [-0.05, 0) is 24.3 Å². The van der Waals surface area contributed by atoms with E-state index >= 15 is 0 Å². The van der Waals surface area contributed by atoms with Crippen molar-refractivity contribution in [3.63, 3.8) is 0 Å². The van der Waals surface area contributed by atoms with Gasteiger partial charge in [0, 0.05) is 23.2 Å². The van der Waals surface area contributed by atoms with Crippen molar-refractivity contribution < 1.29 is 9.90 Å². The number of aromatic nitrogens is 2. The summed E-state index contributed by atoms with van der Waals surface area (Å²) in [7, 11) is 0. The molecule has 0 atom stereocenters. The predicted octanol–water partition coefficient (Wildman–Crippen LogP) is 4.17. The number of nitrogens with zero attached hydrogens (tertiary/aromatic N) is 2. The Balaban J connectivity index is 0.000000143. The first-order valence-corrected chi connectivity index (χ1v) is 7.02. The van der Waals surface area contributed by atoms with E-state index in [9.17, 15) is 0 Å². The summed E-state index contributed by atoms with van der Waals surface area (Å²) in [5.41, 5.74) is 2.12. The number of benzene rings is 2. The molecule has 0 fully saturated rings. The van der Waals surface area contributed by atoms with Gasteiger partial charge in [0.05, 0.1) is 11.0 Å². The van der Waals surface area contributed by atoms with Crippen LogP contribution in [0.3, 0.4) is 0 Å². The zero-order valence-corrected chi connectivity index (χ0v) is 12.4. The van der Waals surface area contributed by atoms with Crippen molar-refractivity contribution in [1.29, 1.82) is 0 Å². The molecular formula is C19H16N2O2. The number of rotatable bonds is 0. The second-order valence-electron chi connectivity index (χ2n) is 4.50. The summed E-state index contributed by atoms with van der Waals surface area (Å²) in [5.74, 6) is 0. The Bertz CT molecular complexity index is 676. The summed E-state index contributed by atoms with van der Waals surface area (Å²) >= 11 is 0. The highest BCUT2D eigenvalue weighted by Crippen LogP contribution is 2.08. The molecule has 0 saturated carbocycles. The number of para-hydroxylation sites is 2. The number of carboxylic acid groups (broad SMARTS) is 1. The molecule has 4 aromatic rings. The second kappa shape index (κ2) is 8.89. The zero-order chi connectivity index (χ0) is 16.3. The largest absolute Gasteiger partial charge is 0.483 e. The molecule has 2 heterocycles. The van der Waals surface area contributed by atoms with Crippen LogP contribution in [0, 0.1) is 0 Å². The summed E-state index contributed by atoms with van der Waals surface area (Å²) in [5, 5.41) is 9.29. The van der Waals surface area contributed by atoms with Crippen LogP contribution in [0.5, 0.6) is 0 Å². The molecule has 1 N–H and O–H groups in total. The standard InChI is InChI=1S/2C9H7N.CH2O2/c2*1-2-6-9-8(4-1)5-3-7-10-9;2-1-3/h2*1-7H;1H,(H,2,3). The molecule has 0 amide bonds. The van der Waals surface area contributed by atoms with E-state index in [-0.39, 0.29) is 6.47 Å². The van der Waals surface area contributed by atoms with Gasteiger partial charge in [-0.25, -0.2) is 0 Å². The molecule has 0 aliphatic heterocycles. The van der Waals surface area contributed by atoms with Crippen molar-refractivity contribution in [1.82, 2.24) is 9.97 Å². The van der Waals surface area contributed by atoms with E-state index in [0.717, 1.165) is 11.0 Å². The van der Waals surface area contributed by atoms with Crippen molar-refractivity contribution in [2.75, 3.05) is 0 Å². The first-order chi connectivity index (χ1) is 11.3. The van der Waals surface area contributed by atoms with Gasteiger partial charge in [-0.3, -0.25) is 14.8 Å². The van der Waals surface area contributed by atoms with E-state index < -0.39 is 0 Å². The summed E-state index contributed by atoms with van der Waals surface area (Å²) in [4.78, 5) is 16.7. The van der Waals surface area contributed by atoms with E-state index in [1.54, 1.807) is 0 Å². The fourth-order valence-electron chi connectivity index (χ4n) is 2.03. The molecule has 0 unspecified atom stereocenters. The van der Waals surface area contributed by atoms with Crippen LogP contribution in [0.15, 0.2) is 85.2 Å². The van der Waals surface area contributed by atoms with Crippen molar-refractivity contribution in [2.45, 2.75) is 0 Å².